The normalized spacial score (nSPS) is 15.0. The van der Waals surface area contributed by atoms with Gasteiger partial charge in [-0.05, 0) is 43.4 Å². The van der Waals surface area contributed by atoms with Gasteiger partial charge in [0.05, 0.1) is 11.4 Å². The molecule has 2 aromatic rings. The summed E-state index contributed by atoms with van der Waals surface area (Å²) in [6.07, 6.45) is 8.81. The van der Waals surface area contributed by atoms with Gasteiger partial charge in [-0.3, -0.25) is 0 Å². The van der Waals surface area contributed by atoms with Gasteiger partial charge < -0.3 is 10.2 Å². The summed E-state index contributed by atoms with van der Waals surface area (Å²) in [6.45, 7) is 7.08. The molecular formula is C19H28N6. The van der Waals surface area contributed by atoms with Gasteiger partial charge in [0, 0.05) is 25.8 Å². The molecule has 25 heavy (non-hydrogen) atoms. The highest BCUT2D eigenvalue weighted by Crippen LogP contribution is 2.18. The standard InChI is InChI=1S/C19H28N6/c1-3-16-17(4-2)23-24-19(22-16)21-14-15-9-10-20-18(13-15)25-11-7-5-6-8-12-25/h9-10,13H,3-8,11-12,14H2,1-2H3,(H,21,22,24). The molecule has 1 fully saturated rings. The van der Waals surface area contributed by atoms with Gasteiger partial charge in [-0.2, -0.15) is 5.10 Å². The molecule has 1 aliphatic heterocycles. The van der Waals surface area contributed by atoms with Crippen LogP contribution in [0.3, 0.4) is 0 Å². The van der Waals surface area contributed by atoms with Gasteiger partial charge in [-0.25, -0.2) is 9.97 Å². The molecule has 0 aliphatic carbocycles. The van der Waals surface area contributed by atoms with E-state index in [-0.39, 0.29) is 0 Å². The number of anilines is 2. The Morgan fingerprint density at radius 3 is 2.48 bits per heavy atom. The zero-order chi connectivity index (χ0) is 17.5. The number of rotatable bonds is 6. The number of pyridine rings is 1. The Hall–Kier alpha value is -2.24. The molecule has 0 unspecified atom stereocenters. The number of hydrogen-bond donors (Lipinski definition) is 1. The van der Waals surface area contributed by atoms with E-state index in [1.165, 1.54) is 31.2 Å². The summed E-state index contributed by atoms with van der Waals surface area (Å²) in [5, 5.41) is 11.8. The van der Waals surface area contributed by atoms with Crippen molar-refractivity contribution in [2.24, 2.45) is 0 Å². The van der Waals surface area contributed by atoms with Crippen molar-refractivity contribution in [3.05, 3.63) is 35.3 Å². The summed E-state index contributed by atoms with van der Waals surface area (Å²) in [5.74, 6) is 1.68. The van der Waals surface area contributed by atoms with Crippen LogP contribution in [0.1, 0.15) is 56.5 Å². The molecule has 0 radical (unpaired) electrons. The minimum atomic E-state index is 0.599. The lowest BCUT2D eigenvalue weighted by molar-refractivity contribution is 0.726. The van der Waals surface area contributed by atoms with Gasteiger partial charge in [0.15, 0.2) is 0 Å². The largest absolute Gasteiger partial charge is 0.357 e. The van der Waals surface area contributed by atoms with E-state index in [1.807, 2.05) is 12.3 Å². The minimum Gasteiger partial charge on any atom is -0.357 e. The highest BCUT2D eigenvalue weighted by molar-refractivity contribution is 5.42. The van der Waals surface area contributed by atoms with Crippen LogP contribution >= 0.6 is 0 Å². The molecule has 6 heteroatoms. The average molecular weight is 340 g/mol. The van der Waals surface area contributed by atoms with Crippen molar-refractivity contribution in [1.29, 1.82) is 0 Å². The summed E-state index contributed by atoms with van der Waals surface area (Å²) in [6, 6.07) is 4.22. The third-order valence-corrected chi connectivity index (χ3v) is 4.70. The first-order valence-corrected chi connectivity index (χ1v) is 9.46. The maximum absolute atomic E-state index is 4.59. The number of nitrogens with one attached hydrogen (secondary N) is 1. The van der Waals surface area contributed by atoms with E-state index < -0.39 is 0 Å². The summed E-state index contributed by atoms with van der Waals surface area (Å²) < 4.78 is 0. The summed E-state index contributed by atoms with van der Waals surface area (Å²) >= 11 is 0. The molecule has 1 N–H and O–H groups in total. The van der Waals surface area contributed by atoms with Crippen molar-refractivity contribution < 1.29 is 0 Å². The lowest BCUT2D eigenvalue weighted by atomic mass is 10.2. The maximum atomic E-state index is 4.59. The van der Waals surface area contributed by atoms with E-state index in [9.17, 15) is 0 Å². The van der Waals surface area contributed by atoms with E-state index in [4.69, 9.17) is 0 Å². The van der Waals surface area contributed by atoms with Crippen molar-refractivity contribution in [2.75, 3.05) is 23.3 Å². The van der Waals surface area contributed by atoms with E-state index in [1.54, 1.807) is 0 Å². The van der Waals surface area contributed by atoms with E-state index in [2.05, 4.69) is 50.3 Å². The Kier molecular flexibility index (Phi) is 6.14. The number of hydrogen-bond acceptors (Lipinski definition) is 6. The quantitative estimate of drug-likeness (QED) is 0.869. The van der Waals surface area contributed by atoms with Crippen LogP contribution in [0.25, 0.3) is 0 Å². The molecular weight excluding hydrogens is 312 g/mol. The van der Waals surface area contributed by atoms with Crippen LogP contribution in [0.15, 0.2) is 18.3 Å². The molecule has 1 aliphatic rings. The zero-order valence-corrected chi connectivity index (χ0v) is 15.3. The molecule has 3 rings (SSSR count). The van der Waals surface area contributed by atoms with Gasteiger partial charge in [-0.1, -0.05) is 26.7 Å². The molecule has 1 saturated heterocycles. The maximum Gasteiger partial charge on any atom is 0.243 e. The second-order valence-corrected chi connectivity index (χ2v) is 6.51. The van der Waals surface area contributed by atoms with Crippen molar-refractivity contribution in [3.8, 4) is 0 Å². The lowest BCUT2D eigenvalue weighted by Crippen LogP contribution is -2.25. The van der Waals surface area contributed by atoms with Gasteiger partial charge in [0.1, 0.15) is 5.82 Å². The van der Waals surface area contributed by atoms with E-state index in [0.717, 1.165) is 43.1 Å². The van der Waals surface area contributed by atoms with Crippen molar-refractivity contribution in [1.82, 2.24) is 20.2 Å². The van der Waals surface area contributed by atoms with Crippen LogP contribution in [-0.4, -0.2) is 33.3 Å². The van der Waals surface area contributed by atoms with Gasteiger partial charge in [0.2, 0.25) is 5.95 Å². The number of aromatic nitrogens is 4. The fourth-order valence-corrected chi connectivity index (χ4v) is 3.24. The number of nitrogens with zero attached hydrogens (tertiary/aromatic N) is 5. The smallest absolute Gasteiger partial charge is 0.243 e. The Morgan fingerprint density at radius 1 is 1.00 bits per heavy atom. The third-order valence-electron chi connectivity index (χ3n) is 4.70. The fourth-order valence-electron chi connectivity index (χ4n) is 3.24. The minimum absolute atomic E-state index is 0.599. The molecule has 0 amide bonds. The zero-order valence-electron chi connectivity index (χ0n) is 15.3. The summed E-state index contributed by atoms with van der Waals surface area (Å²) in [7, 11) is 0. The molecule has 0 bridgehead atoms. The van der Waals surface area contributed by atoms with E-state index >= 15 is 0 Å². The van der Waals surface area contributed by atoms with Crippen molar-refractivity contribution in [2.45, 2.75) is 58.9 Å². The van der Waals surface area contributed by atoms with Gasteiger partial charge in [-0.15, -0.1) is 5.10 Å². The third kappa shape index (κ3) is 4.65. The predicted octanol–water partition coefficient (Wildman–Crippen LogP) is 3.38. The second kappa shape index (κ2) is 8.74. The van der Waals surface area contributed by atoms with E-state index in [0.29, 0.717) is 12.5 Å². The first-order chi connectivity index (χ1) is 12.3. The van der Waals surface area contributed by atoms with Crippen molar-refractivity contribution in [3.63, 3.8) is 0 Å². The monoisotopic (exact) mass is 340 g/mol. The molecule has 0 atom stereocenters. The molecule has 134 valence electrons. The first-order valence-electron chi connectivity index (χ1n) is 9.46. The molecule has 0 aromatic carbocycles. The lowest BCUT2D eigenvalue weighted by Gasteiger charge is -2.21. The van der Waals surface area contributed by atoms with Crippen LogP contribution in [-0.2, 0) is 19.4 Å². The second-order valence-electron chi connectivity index (χ2n) is 6.51. The number of aryl methyl sites for hydroxylation is 2. The first kappa shape index (κ1) is 17.6. The Bertz CT molecular complexity index is 679. The van der Waals surface area contributed by atoms with Crippen molar-refractivity contribution >= 4 is 11.8 Å². The average Bonchev–Trinajstić information content (AvgIpc) is 2.96. The Balaban J connectivity index is 1.66. The molecule has 6 nitrogen and oxygen atoms in total. The fraction of sp³-hybridized carbons (Fsp3) is 0.579. The molecule has 0 saturated carbocycles. The van der Waals surface area contributed by atoms with Crippen LogP contribution in [0.5, 0.6) is 0 Å². The highest BCUT2D eigenvalue weighted by atomic mass is 15.2. The van der Waals surface area contributed by atoms with Gasteiger partial charge in [0.25, 0.3) is 0 Å². The highest BCUT2D eigenvalue weighted by Gasteiger charge is 2.11. The summed E-state index contributed by atoms with van der Waals surface area (Å²) in [5.41, 5.74) is 3.20. The Morgan fingerprint density at radius 2 is 1.76 bits per heavy atom. The Labute approximate surface area is 150 Å². The van der Waals surface area contributed by atoms with Gasteiger partial charge >= 0.3 is 0 Å². The van der Waals surface area contributed by atoms with Crippen LogP contribution < -0.4 is 10.2 Å². The van der Waals surface area contributed by atoms with Crippen LogP contribution in [0, 0.1) is 0 Å². The SMILES string of the molecule is CCc1nnc(NCc2ccnc(N3CCCCCC3)c2)nc1CC. The molecule has 0 spiro atoms. The van der Waals surface area contributed by atoms with Crippen LogP contribution in [0.4, 0.5) is 11.8 Å². The summed E-state index contributed by atoms with van der Waals surface area (Å²) in [4.78, 5) is 11.6. The molecule has 2 aromatic heterocycles. The topological polar surface area (TPSA) is 66.8 Å². The molecule has 3 heterocycles. The predicted molar refractivity (Wildman–Crippen MR) is 101 cm³/mol. The van der Waals surface area contributed by atoms with Crippen LogP contribution in [0.2, 0.25) is 0 Å².